The number of nitrogens with one attached hydrogen (secondary N) is 4. The van der Waals surface area contributed by atoms with Gasteiger partial charge in [0.1, 0.15) is 24.4 Å². The predicted molar refractivity (Wildman–Crippen MR) is 117 cm³/mol. The Kier molecular flexibility index (Phi) is 10.2. The van der Waals surface area contributed by atoms with Crippen LogP contribution in [0, 0.1) is 0 Å². The molecule has 0 aromatic heterocycles. The molecule has 1 aromatic rings. The molecule has 2 rings (SSSR count). The largest absolute Gasteiger partial charge is 0.491 e. The second kappa shape index (κ2) is 13.1. The van der Waals surface area contributed by atoms with Crippen LogP contribution in [0.2, 0.25) is 0 Å². The van der Waals surface area contributed by atoms with Gasteiger partial charge in [-0.2, -0.15) is 0 Å². The van der Waals surface area contributed by atoms with Crippen molar-refractivity contribution in [2.75, 3.05) is 26.3 Å². The number of rotatable bonds is 7. The summed E-state index contributed by atoms with van der Waals surface area (Å²) in [6.45, 7) is -0.836. The van der Waals surface area contributed by atoms with Crippen molar-refractivity contribution in [1.29, 1.82) is 0 Å². The summed E-state index contributed by atoms with van der Waals surface area (Å²) in [6, 6.07) is 3.76. The quantitative estimate of drug-likeness (QED) is 0.212. The summed E-state index contributed by atoms with van der Waals surface area (Å²) in [5.74, 6) is -3.24. The number of carbonyl (C=O) groups is 5. The maximum absolute atomic E-state index is 12.9. The molecule has 34 heavy (non-hydrogen) atoms. The molecule has 0 spiro atoms. The molecule has 186 valence electrons. The monoisotopic (exact) mass is 479 g/mol. The number of ether oxygens (including phenoxy) is 1. The topological polar surface area (TPSA) is 209 Å². The zero-order chi connectivity index (χ0) is 25.1. The summed E-state index contributed by atoms with van der Waals surface area (Å²) >= 11 is 0. The lowest BCUT2D eigenvalue weighted by molar-refractivity contribution is -0.131. The van der Waals surface area contributed by atoms with Crippen molar-refractivity contribution in [1.82, 2.24) is 21.3 Å². The molecule has 13 nitrogen and oxygen atoms in total. The number of nitrogens with two attached hydrogens (primary N) is 1. The van der Waals surface area contributed by atoms with E-state index in [9.17, 15) is 29.1 Å². The van der Waals surface area contributed by atoms with Crippen molar-refractivity contribution in [2.24, 2.45) is 5.73 Å². The summed E-state index contributed by atoms with van der Waals surface area (Å²) in [4.78, 5) is 61.9. The summed E-state index contributed by atoms with van der Waals surface area (Å²) in [5, 5.41) is 28.3. The highest BCUT2D eigenvalue weighted by atomic mass is 16.5. The molecule has 1 aliphatic heterocycles. The minimum Gasteiger partial charge on any atom is -0.491 e. The molecular weight excluding hydrogens is 450 g/mol. The number of fused-ring (bicyclic) bond motifs is 1. The average molecular weight is 479 g/mol. The fourth-order valence-corrected chi connectivity index (χ4v) is 3.08. The number of aliphatic hydroxyl groups excluding tert-OH is 2. The van der Waals surface area contributed by atoms with Crippen LogP contribution in [0.15, 0.2) is 24.3 Å². The van der Waals surface area contributed by atoms with E-state index in [-0.39, 0.29) is 43.9 Å². The standard InChI is InChI=1S/C21H29N5O8/c22-17(29)6-5-14-20(32)23-7-8-34-16-4-2-1-3-13(16)19(31)26-15(9-18(30)25-14)21(33)24-10-12(28)11-27/h1-4,12,14-15,27-28H,5-11H2,(H2,22,29)(H,23,32)(H,24,33)(H,25,30)(H,26,31)/t12-,14+,15+/m1/s1. The van der Waals surface area contributed by atoms with E-state index in [2.05, 4.69) is 21.3 Å². The maximum atomic E-state index is 12.9. The van der Waals surface area contributed by atoms with Crippen LogP contribution < -0.4 is 31.7 Å². The van der Waals surface area contributed by atoms with Crippen LogP contribution in [0.3, 0.4) is 0 Å². The van der Waals surface area contributed by atoms with Crippen molar-refractivity contribution in [2.45, 2.75) is 37.5 Å². The highest BCUT2D eigenvalue weighted by Crippen LogP contribution is 2.18. The molecule has 8 N–H and O–H groups in total. The van der Waals surface area contributed by atoms with Gasteiger partial charge in [0, 0.05) is 13.0 Å². The van der Waals surface area contributed by atoms with Gasteiger partial charge in [-0.3, -0.25) is 24.0 Å². The average Bonchev–Trinajstić information content (AvgIpc) is 2.81. The minimum atomic E-state index is -1.38. The van der Waals surface area contributed by atoms with Gasteiger partial charge in [0.25, 0.3) is 5.91 Å². The third-order valence-corrected chi connectivity index (χ3v) is 4.86. The second-order valence-electron chi connectivity index (χ2n) is 7.57. The lowest BCUT2D eigenvalue weighted by Gasteiger charge is -2.23. The third-order valence-electron chi connectivity index (χ3n) is 4.86. The summed E-state index contributed by atoms with van der Waals surface area (Å²) < 4.78 is 5.60. The maximum Gasteiger partial charge on any atom is 0.255 e. The summed E-state index contributed by atoms with van der Waals surface area (Å²) in [7, 11) is 0. The smallest absolute Gasteiger partial charge is 0.255 e. The van der Waals surface area contributed by atoms with Gasteiger partial charge in [0.2, 0.25) is 23.6 Å². The van der Waals surface area contributed by atoms with Crippen LogP contribution in [-0.2, 0) is 19.2 Å². The Hall–Kier alpha value is -3.71. The van der Waals surface area contributed by atoms with Crippen LogP contribution in [0.1, 0.15) is 29.6 Å². The predicted octanol–water partition coefficient (Wildman–Crippen LogP) is -3.10. The first-order chi connectivity index (χ1) is 16.2. The van der Waals surface area contributed by atoms with Crippen LogP contribution >= 0.6 is 0 Å². The van der Waals surface area contributed by atoms with E-state index >= 15 is 0 Å². The van der Waals surface area contributed by atoms with Crippen molar-refractivity contribution in [3.05, 3.63) is 29.8 Å². The number of primary amides is 1. The van der Waals surface area contributed by atoms with E-state index in [1.807, 2.05) is 0 Å². The Morgan fingerprint density at radius 1 is 1.21 bits per heavy atom. The molecule has 0 radical (unpaired) electrons. The van der Waals surface area contributed by atoms with Gasteiger partial charge >= 0.3 is 0 Å². The van der Waals surface area contributed by atoms with Gasteiger partial charge in [0.15, 0.2) is 0 Å². The molecule has 0 saturated carbocycles. The number of hydrogen-bond donors (Lipinski definition) is 7. The SMILES string of the molecule is NC(=O)CC[C@@H]1NC(=O)C[C@@H](C(=O)NC[C@@H](O)CO)NC(=O)c2ccccc2OCCNC1=O. The van der Waals surface area contributed by atoms with Gasteiger partial charge < -0.3 is 42.0 Å². The molecule has 0 unspecified atom stereocenters. The molecule has 1 aromatic carbocycles. The molecule has 3 atom stereocenters. The van der Waals surface area contributed by atoms with Crippen LogP contribution in [0.5, 0.6) is 5.75 Å². The second-order valence-corrected chi connectivity index (χ2v) is 7.57. The number of para-hydroxylation sites is 1. The molecular formula is C21H29N5O8. The third kappa shape index (κ3) is 8.33. The van der Waals surface area contributed by atoms with E-state index < -0.39 is 60.8 Å². The summed E-state index contributed by atoms with van der Waals surface area (Å²) in [5.41, 5.74) is 5.26. The molecule has 13 heteroatoms. The van der Waals surface area contributed by atoms with E-state index in [1.54, 1.807) is 12.1 Å². The van der Waals surface area contributed by atoms with E-state index in [4.69, 9.17) is 15.6 Å². The molecule has 0 fully saturated rings. The summed E-state index contributed by atoms with van der Waals surface area (Å²) in [6.07, 6.45) is -2.01. The minimum absolute atomic E-state index is 0.00941. The Bertz CT molecular complexity index is 909. The zero-order valence-corrected chi connectivity index (χ0v) is 18.4. The first-order valence-electron chi connectivity index (χ1n) is 10.7. The number of hydrogen-bond acceptors (Lipinski definition) is 8. The Morgan fingerprint density at radius 3 is 2.65 bits per heavy atom. The van der Waals surface area contributed by atoms with Crippen LogP contribution in [0.25, 0.3) is 0 Å². The molecule has 1 heterocycles. The fourth-order valence-electron chi connectivity index (χ4n) is 3.08. The fraction of sp³-hybridized carbons (Fsp3) is 0.476. The molecule has 0 bridgehead atoms. The zero-order valence-electron chi connectivity index (χ0n) is 18.4. The van der Waals surface area contributed by atoms with Gasteiger partial charge in [-0.25, -0.2) is 0 Å². The molecule has 0 saturated heterocycles. The van der Waals surface area contributed by atoms with Crippen LogP contribution in [0.4, 0.5) is 0 Å². The Labute approximate surface area is 195 Å². The molecule has 5 amide bonds. The molecule has 0 aliphatic carbocycles. The van der Waals surface area contributed by atoms with Crippen molar-refractivity contribution >= 4 is 29.5 Å². The Morgan fingerprint density at radius 2 is 1.94 bits per heavy atom. The number of benzene rings is 1. The molecule has 1 aliphatic rings. The Balaban J connectivity index is 2.29. The highest BCUT2D eigenvalue weighted by molar-refractivity contribution is 6.01. The van der Waals surface area contributed by atoms with Crippen molar-refractivity contribution in [3.8, 4) is 5.75 Å². The van der Waals surface area contributed by atoms with E-state index in [0.29, 0.717) is 0 Å². The van der Waals surface area contributed by atoms with Gasteiger partial charge in [0.05, 0.1) is 31.2 Å². The first-order valence-corrected chi connectivity index (χ1v) is 10.7. The van der Waals surface area contributed by atoms with Crippen molar-refractivity contribution < 1.29 is 38.9 Å². The number of carbonyl (C=O) groups excluding carboxylic acids is 5. The highest BCUT2D eigenvalue weighted by Gasteiger charge is 2.29. The number of amides is 5. The van der Waals surface area contributed by atoms with Gasteiger partial charge in [-0.1, -0.05) is 12.1 Å². The van der Waals surface area contributed by atoms with E-state index in [1.165, 1.54) is 12.1 Å². The normalized spacial score (nSPS) is 20.4. The lowest BCUT2D eigenvalue weighted by Crippen LogP contribution is -2.53. The van der Waals surface area contributed by atoms with Gasteiger partial charge in [-0.05, 0) is 18.6 Å². The van der Waals surface area contributed by atoms with Crippen molar-refractivity contribution in [3.63, 3.8) is 0 Å². The number of aliphatic hydroxyl groups is 2. The lowest BCUT2D eigenvalue weighted by atomic mass is 10.1. The van der Waals surface area contributed by atoms with Gasteiger partial charge in [-0.15, -0.1) is 0 Å². The van der Waals surface area contributed by atoms with E-state index in [0.717, 1.165) is 0 Å². The first kappa shape index (κ1) is 26.5. The van der Waals surface area contributed by atoms with Crippen LogP contribution in [-0.4, -0.2) is 84.2 Å².